The number of nitrogens with one attached hydrogen (secondary N) is 1. The lowest BCUT2D eigenvalue weighted by Crippen LogP contribution is -2.23. The maximum atomic E-state index is 12.2. The van der Waals surface area contributed by atoms with Crippen molar-refractivity contribution in [3.63, 3.8) is 0 Å². The standard InChI is InChI=1S/C17H15N3O3/c1-22-17-13(4-2-8-18-17)16(21)20-11-12-6-7-14(19-10-12)15-5-3-9-23-15/h2-10H,11H2,1H3,(H,20,21). The number of rotatable bonds is 5. The molecule has 0 aliphatic rings. The Morgan fingerprint density at radius 2 is 2.13 bits per heavy atom. The quantitative estimate of drug-likeness (QED) is 0.784. The summed E-state index contributed by atoms with van der Waals surface area (Å²) in [5, 5.41) is 2.82. The Labute approximate surface area is 133 Å². The summed E-state index contributed by atoms with van der Waals surface area (Å²) < 4.78 is 10.4. The number of furan rings is 1. The molecule has 0 unspecified atom stereocenters. The summed E-state index contributed by atoms with van der Waals surface area (Å²) in [7, 11) is 1.48. The maximum Gasteiger partial charge on any atom is 0.257 e. The van der Waals surface area contributed by atoms with Crippen LogP contribution < -0.4 is 10.1 Å². The van der Waals surface area contributed by atoms with E-state index in [2.05, 4.69) is 15.3 Å². The van der Waals surface area contributed by atoms with E-state index in [-0.39, 0.29) is 5.91 Å². The van der Waals surface area contributed by atoms with E-state index in [9.17, 15) is 4.79 Å². The molecule has 6 nitrogen and oxygen atoms in total. The first kappa shape index (κ1) is 14.8. The van der Waals surface area contributed by atoms with Gasteiger partial charge in [0.05, 0.1) is 13.4 Å². The van der Waals surface area contributed by atoms with Crippen molar-refractivity contribution in [2.45, 2.75) is 6.54 Å². The molecule has 1 N–H and O–H groups in total. The van der Waals surface area contributed by atoms with Crippen molar-refractivity contribution in [2.75, 3.05) is 7.11 Å². The highest BCUT2D eigenvalue weighted by molar-refractivity contribution is 5.96. The Morgan fingerprint density at radius 1 is 1.22 bits per heavy atom. The van der Waals surface area contributed by atoms with E-state index < -0.39 is 0 Å². The summed E-state index contributed by atoms with van der Waals surface area (Å²) in [4.78, 5) is 20.5. The summed E-state index contributed by atoms with van der Waals surface area (Å²) in [6.07, 6.45) is 4.89. The molecule has 3 aromatic rings. The summed E-state index contributed by atoms with van der Waals surface area (Å²) in [5.74, 6) is 0.766. The summed E-state index contributed by atoms with van der Waals surface area (Å²) >= 11 is 0. The first-order valence-corrected chi connectivity index (χ1v) is 7.04. The van der Waals surface area contributed by atoms with Gasteiger partial charge in [0, 0.05) is 18.9 Å². The second kappa shape index (κ2) is 6.74. The number of pyridine rings is 2. The van der Waals surface area contributed by atoms with Crippen molar-refractivity contribution in [3.05, 3.63) is 66.2 Å². The minimum Gasteiger partial charge on any atom is -0.480 e. The van der Waals surface area contributed by atoms with Gasteiger partial charge in [-0.3, -0.25) is 9.78 Å². The molecule has 0 saturated heterocycles. The van der Waals surface area contributed by atoms with E-state index in [0.717, 1.165) is 11.3 Å². The van der Waals surface area contributed by atoms with Crippen LogP contribution in [-0.4, -0.2) is 23.0 Å². The Kier molecular flexibility index (Phi) is 4.33. The highest BCUT2D eigenvalue weighted by Crippen LogP contribution is 2.17. The van der Waals surface area contributed by atoms with Crippen LogP contribution in [0.15, 0.2) is 59.5 Å². The van der Waals surface area contributed by atoms with Crippen LogP contribution in [0.3, 0.4) is 0 Å². The number of hydrogen-bond donors (Lipinski definition) is 1. The van der Waals surface area contributed by atoms with Crippen molar-refractivity contribution in [2.24, 2.45) is 0 Å². The van der Waals surface area contributed by atoms with E-state index in [1.54, 1.807) is 30.8 Å². The predicted molar refractivity (Wildman–Crippen MR) is 83.9 cm³/mol. The van der Waals surface area contributed by atoms with Gasteiger partial charge in [-0.25, -0.2) is 4.98 Å². The van der Waals surface area contributed by atoms with Crippen LogP contribution in [0.2, 0.25) is 0 Å². The van der Waals surface area contributed by atoms with Gasteiger partial charge in [-0.1, -0.05) is 6.07 Å². The molecular formula is C17H15N3O3. The van der Waals surface area contributed by atoms with Crippen molar-refractivity contribution in [3.8, 4) is 17.3 Å². The minimum atomic E-state index is -0.245. The van der Waals surface area contributed by atoms with Gasteiger partial charge in [-0.2, -0.15) is 0 Å². The molecule has 0 spiro atoms. The molecule has 0 aliphatic carbocycles. The molecule has 3 rings (SSSR count). The SMILES string of the molecule is COc1ncccc1C(=O)NCc1ccc(-c2ccco2)nc1. The number of ether oxygens (including phenoxy) is 1. The number of nitrogens with zero attached hydrogens (tertiary/aromatic N) is 2. The van der Waals surface area contributed by atoms with Crippen molar-refractivity contribution in [1.82, 2.24) is 15.3 Å². The zero-order chi connectivity index (χ0) is 16.1. The van der Waals surface area contributed by atoms with Crippen molar-refractivity contribution >= 4 is 5.91 Å². The van der Waals surface area contributed by atoms with E-state index in [1.165, 1.54) is 7.11 Å². The zero-order valence-electron chi connectivity index (χ0n) is 12.5. The largest absolute Gasteiger partial charge is 0.480 e. The average Bonchev–Trinajstić information content (AvgIpc) is 3.14. The molecule has 0 atom stereocenters. The van der Waals surface area contributed by atoms with Gasteiger partial charge in [-0.15, -0.1) is 0 Å². The van der Waals surface area contributed by atoms with Crippen LogP contribution in [0.5, 0.6) is 5.88 Å². The van der Waals surface area contributed by atoms with Crippen molar-refractivity contribution < 1.29 is 13.9 Å². The molecule has 0 radical (unpaired) electrons. The second-order valence-electron chi connectivity index (χ2n) is 4.77. The van der Waals surface area contributed by atoms with Gasteiger partial charge in [0.25, 0.3) is 5.91 Å². The van der Waals surface area contributed by atoms with Crippen LogP contribution in [0.25, 0.3) is 11.5 Å². The van der Waals surface area contributed by atoms with Crippen LogP contribution >= 0.6 is 0 Å². The average molecular weight is 309 g/mol. The van der Waals surface area contributed by atoms with E-state index in [1.807, 2.05) is 24.3 Å². The Balaban J connectivity index is 1.65. The van der Waals surface area contributed by atoms with Crippen LogP contribution in [0.1, 0.15) is 15.9 Å². The molecule has 0 saturated carbocycles. The number of methoxy groups -OCH3 is 1. The van der Waals surface area contributed by atoms with Crippen LogP contribution in [-0.2, 0) is 6.54 Å². The fourth-order valence-corrected chi connectivity index (χ4v) is 2.10. The molecule has 0 fully saturated rings. The number of carbonyl (C=O) groups is 1. The molecule has 6 heteroatoms. The Bertz CT molecular complexity index is 783. The normalized spacial score (nSPS) is 10.3. The smallest absolute Gasteiger partial charge is 0.257 e. The maximum absolute atomic E-state index is 12.2. The Hall–Kier alpha value is -3.15. The minimum absolute atomic E-state index is 0.245. The zero-order valence-corrected chi connectivity index (χ0v) is 12.5. The molecule has 0 aliphatic heterocycles. The molecule has 1 amide bonds. The van der Waals surface area contributed by atoms with Gasteiger partial charge in [0.1, 0.15) is 11.3 Å². The van der Waals surface area contributed by atoms with E-state index in [4.69, 9.17) is 9.15 Å². The van der Waals surface area contributed by atoms with Gasteiger partial charge in [0.15, 0.2) is 5.76 Å². The third-order valence-corrected chi connectivity index (χ3v) is 3.26. The number of aromatic nitrogens is 2. The lowest BCUT2D eigenvalue weighted by atomic mass is 10.2. The van der Waals surface area contributed by atoms with Gasteiger partial charge >= 0.3 is 0 Å². The highest BCUT2D eigenvalue weighted by atomic mass is 16.5. The third kappa shape index (κ3) is 3.37. The van der Waals surface area contributed by atoms with Gasteiger partial charge in [0.2, 0.25) is 5.88 Å². The number of hydrogen-bond acceptors (Lipinski definition) is 5. The molecule has 3 heterocycles. The topological polar surface area (TPSA) is 77.2 Å². The first-order valence-electron chi connectivity index (χ1n) is 7.04. The highest BCUT2D eigenvalue weighted by Gasteiger charge is 2.12. The molecule has 0 aromatic carbocycles. The number of carbonyl (C=O) groups excluding carboxylic acids is 1. The molecular weight excluding hydrogens is 294 g/mol. The Morgan fingerprint density at radius 3 is 2.83 bits per heavy atom. The summed E-state index contributed by atoms with van der Waals surface area (Å²) in [5.41, 5.74) is 2.03. The molecule has 0 bridgehead atoms. The third-order valence-electron chi connectivity index (χ3n) is 3.26. The number of amides is 1. The van der Waals surface area contributed by atoms with Crippen LogP contribution in [0.4, 0.5) is 0 Å². The first-order chi connectivity index (χ1) is 11.3. The molecule has 3 aromatic heterocycles. The van der Waals surface area contributed by atoms with E-state index in [0.29, 0.717) is 23.7 Å². The summed E-state index contributed by atoms with van der Waals surface area (Å²) in [6.45, 7) is 0.363. The lowest BCUT2D eigenvalue weighted by molar-refractivity contribution is 0.0947. The molecule has 116 valence electrons. The van der Waals surface area contributed by atoms with Crippen molar-refractivity contribution in [1.29, 1.82) is 0 Å². The summed E-state index contributed by atoms with van der Waals surface area (Å²) in [6, 6.07) is 10.8. The fraction of sp³-hybridized carbons (Fsp3) is 0.118. The monoisotopic (exact) mass is 309 g/mol. The molecule has 23 heavy (non-hydrogen) atoms. The lowest BCUT2D eigenvalue weighted by Gasteiger charge is -2.08. The van der Waals surface area contributed by atoms with E-state index >= 15 is 0 Å². The second-order valence-corrected chi connectivity index (χ2v) is 4.77. The van der Waals surface area contributed by atoms with Gasteiger partial charge in [-0.05, 0) is 35.9 Å². The van der Waals surface area contributed by atoms with Crippen LogP contribution in [0, 0.1) is 0 Å². The fourth-order valence-electron chi connectivity index (χ4n) is 2.10. The van der Waals surface area contributed by atoms with Gasteiger partial charge < -0.3 is 14.5 Å². The predicted octanol–water partition coefficient (Wildman–Crippen LogP) is 2.68.